The molecule has 0 spiro atoms. The van der Waals surface area contributed by atoms with Gasteiger partial charge in [0, 0.05) is 31.5 Å². The van der Waals surface area contributed by atoms with E-state index >= 15 is 0 Å². The lowest BCUT2D eigenvalue weighted by molar-refractivity contribution is 0.588. The van der Waals surface area contributed by atoms with Gasteiger partial charge in [-0.1, -0.05) is 31.5 Å². The van der Waals surface area contributed by atoms with E-state index in [2.05, 4.69) is 31.4 Å². The van der Waals surface area contributed by atoms with Crippen LogP contribution in [0, 0.1) is 5.82 Å². The zero-order valence-electron chi connectivity index (χ0n) is 11.2. The zero-order valence-corrected chi connectivity index (χ0v) is 11.9. The molecule has 1 heterocycles. The first-order valence-electron chi connectivity index (χ1n) is 6.36. The summed E-state index contributed by atoms with van der Waals surface area (Å²) in [4.78, 5) is 0. The summed E-state index contributed by atoms with van der Waals surface area (Å²) in [6.45, 7) is 5.73. The molecule has 1 aromatic heterocycles. The number of aromatic nitrogens is 1. The predicted octanol–water partition coefficient (Wildman–Crippen LogP) is 3.83. The Kier molecular flexibility index (Phi) is 4.61. The number of halogens is 2. The van der Waals surface area contributed by atoms with Crippen LogP contribution in [-0.2, 0) is 13.1 Å². The third-order valence-corrected chi connectivity index (χ3v) is 3.18. The maximum absolute atomic E-state index is 13.3. The maximum atomic E-state index is 13.3. The monoisotopic (exact) mass is 280 g/mol. The Morgan fingerprint density at radius 2 is 2.05 bits per heavy atom. The van der Waals surface area contributed by atoms with Gasteiger partial charge in [0.05, 0.1) is 5.02 Å². The van der Waals surface area contributed by atoms with Crippen LogP contribution >= 0.6 is 11.6 Å². The van der Waals surface area contributed by atoms with Gasteiger partial charge in [-0.15, -0.1) is 0 Å². The van der Waals surface area contributed by atoms with Crippen molar-refractivity contribution in [3.8, 4) is 0 Å². The van der Waals surface area contributed by atoms with Crippen molar-refractivity contribution in [3.05, 3.63) is 58.6 Å². The van der Waals surface area contributed by atoms with Crippen LogP contribution < -0.4 is 5.32 Å². The van der Waals surface area contributed by atoms with Crippen molar-refractivity contribution in [3.63, 3.8) is 0 Å². The van der Waals surface area contributed by atoms with Crippen LogP contribution in [-0.4, -0.2) is 10.6 Å². The summed E-state index contributed by atoms with van der Waals surface area (Å²) < 4.78 is 15.4. The summed E-state index contributed by atoms with van der Waals surface area (Å²) in [7, 11) is 0. The second-order valence-corrected chi connectivity index (χ2v) is 5.38. The fraction of sp³-hybridized carbons (Fsp3) is 0.333. The van der Waals surface area contributed by atoms with Crippen LogP contribution in [0.3, 0.4) is 0 Å². The van der Waals surface area contributed by atoms with E-state index in [1.54, 1.807) is 6.07 Å². The molecule has 0 bridgehead atoms. The standard InChI is InChI=1S/C15H18ClFN2/c1-11(2)18-8-13-5-6-19(10-13)9-12-3-4-14(16)15(17)7-12/h3-7,10-11,18H,8-9H2,1-2H3. The molecule has 4 heteroatoms. The number of rotatable bonds is 5. The second kappa shape index (κ2) is 6.22. The Morgan fingerprint density at radius 3 is 2.74 bits per heavy atom. The lowest BCUT2D eigenvalue weighted by Crippen LogP contribution is -2.21. The summed E-state index contributed by atoms with van der Waals surface area (Å²) in [6.07, 6.45) is 4.08. The smallest absolute Gasteiger partial charge is 0.142 e. The van der Waals surface area contributed by atoms with Crippen molar-refractivity contribution in [2.45, 2.75) is 33.0 Å². The van der Waals surface area contributed by atoms with E-state index in [9.17, 15) is 4.39 Å². The number of hydrogen-bond donors (Lipinski definition) is 1. The van der Waals surface area contributed by atoms with Crippen molar-refractivity contribution in [1.82, 2.24) is 9.88 Å². The van der Waals surface area contributed by atoms with Gasteiger partial charge in [0.15, 0.2) is 0 Å². The van der Waals surface area contributed by atoms with E-state index in [-0.39, 0.29) is 10.8 Å². The lowest BCUT2D eigenvalue weighted by Gasteiger charge is -2.06. The first-order chi connectivity index (χ1) is 9.04. The van der Waals surface area contributed by atoms with Crippen LogP contribution in [0.5, 0.6) is 0 Å². The van der Waals surface area contributed by atoms with Gasteiger partial charge in [0.1, 0.15) is 5.82 Å². The quantitative estimate of drug-likeness (QED) is 0.881. The molecule has 0 amide bonds. The number of nitrogens with one attached hydrogen (secondary N) is 1. The van der Waals surface area contributed by atoms with Crippen molar-refractivity contribution in [2.24, 2.45) is 0 Å². The second-order valence-electron chi connectivity index (χ2n) is 4.98. The number of benzene rings is 1. The minimum atomic E-state index is -0.368. The van der Waals surface area contributed by atoms with Gasteiger partial charge < -0.3 is 9.88 Å². The Labute approximate surface area is 118 Å². The largest absolute Gasteiger partial charge is 0.350 e. The lowest BCUT2D eigenvalue weighted by atomic mass is 10.2. The molecule has 1 N–H and O–H groups in total. The molecular formula is C15H18ClFN2. The first-order valence-corrected chi connectivity index (χ1v) is 6.74. The molecule has 0 radical (unpaired) electrons. The molecule has 1 aromatic carbocycles. The van der Waals surface area contributed by atoms with E-state index in [1.165, 1.54) is 11.6 Å². The average Bonchev–Trinajstić information content (AvgIpc) is 2.79. The molecule has 0 aliphatic heterocycles. The normalized spacial score (nSPS) is 11.2. The van der Waals surface area contributed by atoms with Crippen molar-refractivity contribution in [2.75, 3.05) is 0 Å². The van der Waals surface area contributed by atoms with Gasteiger partial charge in [-0.3, -0.25) is 0 Å². The summed E-state index contributed by atoms with van der Waals surface area (Å²) in [5, 5.41) is 3.53. The molecule has 0 fully saturated rings. The van der Waals surface area contributed by atoms with E-state index in [4.69, 9.17) is 11.6 Å². The Bertz CT molecular complexity index is 549. The molecule has 0 aliphatic rings. The molecule has 2 aromatic rings. The highest BCUT2D eigenvalue weighted by molar-refractivity contribution is 6.30. The SMILES string of the molecule is CC(C)NCc1ccn(Cc2ccc(Cl)c(F)c2)c1. The van der Waals surface area contributed by atoms with Gasteiger partial charge >= 0.3 is 0 Å². The summed E-state index contributed by atoms with van der Waals surface area (Å²) in [5.41, 5.74) is 2.13. The molecular weight excluding hydrogens is 263 g/mol. The van der Waals surface area contributed by atoms with Gasteiger partial charge in [-0.25, -0.2) is 4.39 Å². The topological polar surface area (TPSA) is 17.0 Å². The highest BCUT2D eigenvalue weighted by Crippen LogP contribution is 2.16. The molecule has 2 nitrogen and oxygen atoms in total. The number of hydrogen-bond acceptors (Lipinski definition) is 1. The molecule has 0 unspecified atom stereocenters. The molecule has 0 aliphatic carbocycles. The number of nitrogens with zero attached hydrogens (tertiary/aromatic N) is 1. The highest BCUT2D eigenvalue weighted by atomic mass is 35.5. The Hall–Kier alpha value is -1.32. The molecule has 0 atom stereocenters. The van der Waals surface area contributed by atoms with Crippen molar-refractivity contribution >= 4 is 11.6 Å². The molecule has 19 heavy (non-hydrogen) atoms. The summed E-state index contributed by atoms with van der Waals surface area (Å²) >= 11 is 5.67. The molecule has 102 valence electrons. The highest BCUT2D eigenvalue weighted by Gasteiger charge is 2.03. The predicted molar refractivity (Wildman–Crippen MR) is 76.9 cm³/mol. The summed E-state index contributed by atoms with van der Waals surface area (Å²) in [6, 6.07) is 7.46. The van der Waals surface area contributed by atoms with Crippen LogP contribution in [0.25, 0.3) is 0 Å². The van der Waals surface area contributed by atoms with Gasteiger partial charge in [-0.2, -0.15) is 0 Å². The van der Waals surface area contributed by atoms with Crippen LogP contribution in [0.2, 0.25) is 5.02 Å². The Morgan fingerprint density at radius 1 is 1.26 bits per heavy atom. The van der Waals surface area contributed by atoms with Crippen molar-refractivity contribution < 1.29 is 4.39 Å². The molecule has 0 saturated carbocycles. The van der Waals surface area contributed by atoms with E-state index in [0.29, 0.717) is 12.6 Å². The maximum Gasteiger partial charge on any atom is 0.142 e. The van der Waals surface area contributed by atoms with E-state index < -0.39 is 0 Å². The van der Waals surface area contributed by atoms with E-state index in [1.807, 2.05) is 16.8 Å². The zero-order chi connectivity index (χ0) is 13.8. The minimum absolute atomic E-state index is 0.165. The third kappa shape index (κ3) is 4.08. The fourth-order valence-corrected chi connectivity index (χ4v) is 1.98. The fourth-order valence-electron chi connectivity index (χ4n) is 1.86. The average molecular weight is 281 g/mol. The van der Waals surface area contributed by atoms with Gasteiger partial charge in [0.25, 0.3) is 0 Å². The van der Waals surface area contributed by atoms with Crippen LogP contribution in [0.1, 0.15) is 25.0 Å². The molecule has 0 saturated heterocycles. The van der Waals surface area contributed by atoms with Crippen LogP contribution in [0.4, 0.5) is 4.39 Å². The van der Waals surface area contributed by atoms with Crippen LogP contribution in [0.15, 0.2) is 36.7 Å². The van der Waals surface area contributed by atoms with E-state index in [0.717, 1.165) is 12.1 Å². The van der Waals surface area contributed by atoms with Crippen molar-refractivity contribution in [1.29, 1.82) is 0 Å². The first kappa shape index (κ1) is 14.1. The molecule has 2 rings (SSSR count). The summed E-state index contributed by atoms with van der Waals surface area (Å²) in [5.74, 6) is -0.368. The minimum Gasteiger partial charge on any atom is -0.350 e. The Balaban J connectivity index is 2.01. The van der Waals surface area contributed by atoms with Gasteiger partial charge in [-0.05, 0) is 29.3 Å². The van der Waals surface area contributed by atoms with Gasteiger partial charge in [0.2, 0.25) is 0 Å². The third-order valence-electron chi connectivity index (χ3n) is 2.88.